The van der Waals surface area contributed by atoms with Crippen molar-refractivity contribution in [2.45, 2.75) is 19.6 Å². The molecule has 0 radical (unpaired) electrons. The second-order valence-corrected chi connectivity index (χ2v) is 5.09. The molecule has 5 nitrogen and oxygen atoms in total. The maximum Gasteiger partial charge on any atom is 0.258 e. The van der Waals surface area contributed by atoms with Gasteiger partial charge in [-0.1, -0.05) is 6.07 Å². The molecule has 2 heterocycles. The number of benzene rings is 1. The highest BCUT2D eigenvalue weighted by Gasteiger charge is 2.28. The van der Waals surface area contributed by atoms with E-state index in [1.54, 1.807) is 29.4 Å². The van der Waals surface area contributed by atoms with Crippen LogP contribution < -0.4 is 15.4 Å². The molecule has 1 amide bonds. The van der Waals surface area contributed by atoms with Crippen molar-refractivity contribution in [3.05, 3.63) is 53.9 Å². The molecule has 0 saturated carbocycles. The van der Waals surface area contributed by atoms with Gasteiger partial charge in [-0.25, -0.2) is 0 Å². The number of rotatable bonds is 2. The molecule has 1 aromatic carbocycles. The van der Waals surface area contributed by atoms with E-state index in [-0.39, 0.29) is 12.0 Å². The molecule has 5 heteroatoms. The zero-order valence-electron chi connectivity index (χ0n) is 11.8. The van der Waals surface area contributed by atoms with Crippen LogP contribution in [0.2, 0.25) is 0 Å². The lowest BCUT2D eigenvalue weighted by Gasteiger charge is -2.33. The van der Waals surface area contributed by atoms with Gasteiger partial charge in [-0.05, 0) is 36.8 Å². The zero-order valence-corrected chi connectivity index (χ0v) is 11.8. The van der Waals surface area contributed by atoms with Crippen molar-refractivity contribution in [1.29, 1.82) is 0 Å². The van der Waals surface area contributed by atoms with Gasteiger partial charge in [0, 0.05) is 24.5 Å². The number of hydrogen-bond acceptors (Lipinski definition) is 4. The Morgan fingerprint density at radius 2 is 2.14 bits per heavy atom. The zero-order chi connectivity index (χ0) is 14.8. The fourth-order valence-electron chi connectivity index (χ4n) is 2.46. The maximum atomic E-state index is 12.7. The fraction of sp³-hybridized carbons (Fsp3) is 0.250. The van der Waals surface area contributed by atoms with Crippen molar-refractivity contribution in [3.63, 3.8) is 0 Å². The number of amides is 1. The SMILES string of the molecule is CC1CN(C(=O)c2ccncc2)c2ccc(CN)cc2O1. The smallest absolute Gasteiger partial charge is 0.258 e. The highest BCUT2D eigenvalue weighted by atomic mass is 16.5. The van der Waals surface area contributed by atoms with Crippen molar-refractivity contribution in [2.24, 2.45) is 5.73 Å². The topological polar surface area (TPSA) is 68.5 Å². The van der Waals surface area contributed by atoms with Gasteiger partial charge in [0.05, 0.1) is 12.2 Å². The number of fused-ring (bicyclic) bond motifs is 1. The van der Waals surface area contributed by atoms with Crippen LogP contribution in [0.15, 0.2) is 42.7 Å². The van der Waals surface area contributed by atoms with Crippen LogP contribution in [0.5, 0.6) is 5.75 Å². The second-order valence-electron chi connectivity index (χ2n) is 5.09. The van der Waals surface area contributed by atoms with Crippen LogP contribution in [-0.4, -0.2) is 23.5 Å². The molecular formula is C16H17N3O2. The first-order chi connectivity index (χ1) is 10.2. The van der Waals surface area contributed by atoms with Gasteiger partial charge in [-0.3, -0.25) is 9.78 Å². The number of aromatic nitrogens is 1. The number of anilines is 1. The molecule has 0 spiro atoms. The van der Waals surface area contributed by atoms with Crippen molar-refractivity contribution in [2.75, 3.05) is 11.4 Å². The van der Waals surface area contributed by atoms with Crippen LogP contribution in [0.4, 0.5) is 5.69 Å². The molecule has 0 saturated heterocycles. The Labute approximate surface area is 123 Å². The van der Waals surface area contributed by atoms with Gasteiger partial charge in [-0.2, -0.15) is 0 Å². The quantitative estimate of drug-likeness (QED) is 0.915. The first-order valence-electron chi connectivity index (χ1n) is 6.90. The minimum atomic E-state index is -0.0590. The third-order valence-electron chi connectivity index (χ3n) is 3.49. The summed E-state index contributed by atoms with van der Waals surface area (Å²) < 4.78 is 5.83. The average molecular weight is 283 g/mol. The summed E-state index contributed by atoms with van der Waals surface area (Å²) in [6, 6.07) is 9.15. The van der Waals surface area contributed by atoms with Crippen LogP contribution in [0.1, 0.15) is 22.8 Å². The molecule has 21 heavy (non-hydrogen) atoms. The molecule has 3 rings (SSSR count). The molecule has 0 aliphatic carbocycles. The number of ether oxygens (including phenoxy) is 1. The van der Waals surface area contributed by atoms with Crippen molar-refractivity contribution >= 4 is 11.6 Å². The predicted octanol–water partition coefficient (Wildman–Crippen LogP) is 1.97. The summed E-state index contributed by atoms with van der Waals surface area (Å²) in [4.78, 5) is 18.4. The summed E-state index contributed by atoms with van der Waals surface area (Å²) in [7, 11) is 0. The van der Waals surface area contributed by atoms with Gasteiger partial charge >= 0.3 is 0 Å². The van der Waals surface area contributed by atoms with E-state index in [1.807, 2.05) is 25.1 Å². The van der Waals surface area contributed by atoms with E-state index in [4.69, 9.17) is 10.5 Å². The molecule has 2 N–H and O–H groups in total. The van der Waals surface area contributed by atoms with Gasteiger partial charge in [-0.15, -0.1) is 0 Å². The summed E-state index contributed by atoms with van der Waals surface area (Å²) in [5.74, 6) is 0.661. The van der Waals surface area contributed by atoms with Crippen LogP contribution in [0.25, 0.3) is 0 Å². The first kappa shape index (κ1) is 13.6. The lowest BCUT2D eigenvalue weighted by molar-refractivity contribution is 0.0961. The number of hydrogen-bond donors (Lipinski definition) is 1. The summed E-state index contributed by atoms with van der Waals surface area (Å²) in [5, 5.41) is 0. The maximum absolute atomic E-state index is 12.7. The van der Waals surface area contributed by atoms with E-state index in [0.717, 1.165) is 11.3 Å². The summed E-state index contributed by atoms with van der Waals surface area (Å²) in [5.41, 5.74) is 8.05. The van der Waals surface area contributed by atoms with Crippen molar-refractivity contribution in [1.82, 2.24) is 4.98 Å². The Kier molecular flexibility index (Phi) is 3.58. The Hall–Kier alpha value is -2.40. The fourth-order valence-corrected chi connectivity index (χ4v) is 2.46. The van der Waals surface area contributed by atoms with E-state index < -0.39 is 0 Å². The highest BCUT2D eigenvalue weighted by molar-refractivity contribution is 6.07. The minimum absolute atomic E-state index is 0.0469. The molecule has 1 aliphatic rings. The highest BCUT2D eigenvalue weighted by Crippen LogP contribution is 2.35. The van der Waals surface area contributed by atoms with Gasteiger partial charge in [0.1, 0.15) is 11.9 Å². The summed E-state index contributed by atoms with van der Waals surface area (Å²) in [6.07, 6.45) is 3.18. The van der Waals surface area contributed by atoms with Crippen LogP contribution in [0, 0.1) is 0 Å². The summed E-state index contributed by atoms with van der Waals surface area (Å²) in [6.45, 7) is 2.92. The number of carbonyl (C=O) groups excluding carboxylic acids is 1. The van der Waals surface area contributed by atoms with Crippen LogP contribution in [0.3, 0.4) is 0 Å². The molecule has 0 bridgehead atoms. The van der Waals surface area contributed by atoms with Gasteiger partial charge in [0.2, 0.25) is 0 Å². The number of nitrogens with zero attached hydrogens (tertiary/aromatic N) is 2. The summed E-state index contributed by atoms with van der Waals surface area (Å²) >= 11 is 0. The van der Waals surface area contributed by atoms with Crippen LogP contribution >= 0.6 is 0 Å². The Balaban J connectivity index is 1.99. The second kappa shape index (κ2) is 5.54. The third-order valence-corrected chi connectivity index (χ3v) is 3.49. The van der Waals surface area contributed by atoms with E-state index in [1.165, 1.54) is 0 Å². The largest absolute Gasteiger partial charge is 0.487 e. The monoisotopic (exact) mass is 283 g/mol. The molecule has 1 aromatic heterocycles. The third kappa shape index (κ3) is 2.60. The molecule has 108 valence electrons. The molecular weight excluding hydrogens is 266 g/mol. The van der Waals surface area contributed by atoms with E-state index in [0.29, 0.717) is 24.4 Å². The molecule has 1 aliphatic heterocycles. The Morgan fingerprint density at radius 1 is 1.38 bits per heavy atom. The Bertz CT molecular complexity index is 658. The standard InChI is InChI=1S/C16H17N3O2/c1-11-10-19(16(20)13-4-6-18-7-5-13)14-3-2-12(9-17)8-15(14)21-11/h2-8,11H,9-10,17H2,1H3. The number of carbonyl (C=O) groups is 1. The molecule has 0 fully saturated rings. The normalized spacial score (nSPS) is 17.0. The first-order valence-corrected chi connectivity index (χ1v) is 6.90. The van der Waals surface area contributed by atoms with E-state index in [2.05, 4.69) is 4.98 Å². The molecule has 1 unspecified atom stereocenters. The minimum Gasteiger partial charge on any atom is -0.487 e. The van der Waals surface area contributed by atoms with E-state index in [9.17, 15) is 4.79 Å². The lowest BCUT2D eigenvalue weighted by atomic mass is 10.1. The van der Waals surface area contributed by atoms with Crippen molar-refractivity contribution < 1.29 is 9.53 Å². The average Bonchev–Trinajstić information content (AvgIpc) is 2.53. The van der Waals surface area contributed by atoms with Gasteiger partial charge in [0.15, 0.2) is 0 Å². The molecule has 1 atom stereocenters. The number of nitrogens with two attached hydrogens (primary N) is 1. The Morgan fingerprint density at radius 3 is 2.86 bits per heavy atom. The van der Waals surface area contributed by atoms with Crippen molar-refractivity contribution in [3.8, 4) is 5.75 Å². The van der Waals surface area contributed by atoms with Gasteiger partial charge < -0.3 is 15.4 Å². The van der Waals surface area contributed by atoms with Gasteiger partial charge in [0.25, 0.3) is 5.91 Å². The van der Waals surface area contributed by atoms with Crippen LogP contribution in [-0.2, 0) is 6.54 Å². The lowest BCUT2D eigenvalue weighted by Crippen LogP contribution is -2.42. The predicted molar refractivity (Wildman–Crippen MR) is 80.3 cm³/mol. The van der Waals surface area contributed by atoms with E-state index >= 15 is 0 Å². The number of pyridine rings is 1. The molecule has 2 aromatic rings.